The van der Waals surface area contributed by atoms with E-state index in [0.29, 0.717) is 11.4 Å². The van der Waals surface area contributed by atoms with Gasteiger partial charge in [-0.05, 0) is 49.4 Å². The minimum atomic E-state index is -1.08. The third-order valence-corrected chi connectivity index (χ3v) is 3.99. The molecule has 2 heterocycles. The van der Waals surface area contributed by atoms with Crippen LogP contribution in [0.1, 0.15) is 16.2 Å². The molecule has 0 aliphatic carbocycles. The quantitative estimate of drug-likeness (QED) is 0.727. The van der Waals surface area contributed by atoms with Crippen LogP contribution in [-0.2, 0) is 0 Å². The molecule has 0 unspecified atom stereocenters. The van der Waals surface area contributed by atoms with Crippen LogP contribution < -0.4 is 0 Å². The number of pyridine rings is 1. The van der Waals surface area contributed by atoms with E-state index in [-0.39, 0.29) is 11.4 Å². The number of carbonyl (C=O) groups is 1. The summed E-state index contributed by atoms with van der Waals surface area (Å²) >= 11 is 3.40. The van der Waals surface area contributed by atoms with E-state index in [1.807, 2.05) is 29.7 Å². The molecule has 0 aliphatic rings. The third kappa shape index (κ3) is 2.85. The van der Waals surface area contributed by atoms with Crippen molar-refractivity contribution in [1.82, 2.24) is 9.55 Å². The van der Waals surface area contributed by atoms with Crippen molar-refractivity contribution in [2.75, 3.05) is 0 Å². The summed E-state index contributed by atoms with van der Waals surface area (Å²) in [6, 6.07) is 13.8. The Labute approximate surface area is 141 Å². The lowest BCUT2D eigenvalue weighted by molar-refractivity contribution is 0.0690. The summed E-state index contributed by atoms with van der Waals surface area (Å²) in [5.41, 5.74) is 2.22. The van der Waals surface area contributed by atoms with Gasteiger partial charge in [0.15, 0.2) is 5.69 Å². The maximum absolute atomic E-state index is 11.1. The highest BCUT2D eigenvalue weighted by atomic mass is 79.9. The fraction of sp³-hybridized carbons (Fsp3) is 0.0588. The lowest BCUT2D eigenvalue weighted by Gasteiger charge is -2.13. The molecule has 2 aromatic heterocycles. The Morgan fingerprint density at radius 3 is 2.70 bits per heavy atom. The van der Waals surface area contributed by atoms with Gasteiger partial charge in [0.2, 0.25) is 0 Å². The van der Waals surface area contributed by atoms with E-state index in [0.717, 1.165) is 15.9 Å². The van der Waals surface area contributed by atoms with Crippen molar-refractivity contribution >= 4 is 21.9 Å². The molecule has 0 saturated heterocycles. The molecular formula is C17H13BrN2O3. The maximum atomic E-state index is 11.1. The minimum Gasteiger partial charge on any atom is -0.507 e. The number of hydrogen-bond acceptors (Lipinski definition) is 3. The number of aromatic nitrogens is 2. The molecule has 2 N–H and O–H groups in total. The van der Waals surface area contributed by atoms with Gasteiger partial charge in [-0.3, -0.25) is 4.57 Å². The third-order valence-electron chi connectivity index (χ3n) is 3.49. The Morgan fingerprint density at radius 1 is 1.17 bits per heavy atom. The molecule has 0 amide bonds. The molecule has 3 aromatic rings. The topological polar surface area (TPSA) is 75.4 Å². The fourth-order valence-electron chi connectivity index (χ4n) is 2.43. The number of aryl methyl sites for hydroxylation is 1. The largest absolute Gasteiger partial charge is 0.507 e. The first-order chi connectivity index (χ1) is 11.0. The molecule has 0 aliphatic heterocycles. The minimum absolute atomic E-state index is 0.0278. The normalized spacial score (nSPS) is 10.7. The van der Waals surface area contributed by atoms with Crippen LogP contribution in [0.4, 0.5) is 0 Å². The van der Waals surface area contributed by atoms with Crippen LogP contribution in [0.3, 0.4) is 0 Å². The Bertz CT molecular complexity index is 903. The van der Waals surface area contributed by atoms with Gasteiger partial charge >= 0.3 is 5.97 Å². The summed E-state index contributed by atoms with van der Waals surface area (Å²) < 4.78 is 2.65. The fourth-order valence-corrected chi connectivity index (χ4v) is 2.79. The zero-order chi connectivity index (χ0) is 16.6. The Morgan fingerprint density at radius 2 is 1.96 bits per heavy atom. The van der Waals surface area contributed by atoms with Crippen molar-refractivity contribution in [2.45, 2.75) is 6.92 Å². The Hall–Kier alpha value is -2.60. The summed E-state index contributed by atoms with van der Waals surface area (Å²) in [4.78, 5) is 15.3. The van der Waals surface area contributed by atoms with Crippen LogP contribution >= 0.6 is 15.9 Å². The molecule has 0 atom stereocenters. The van der Waals surface area contributed by atoms with Gasteiger partial charge in [-0.2, -0.15) is 0 Å². The van der Waals surface area contributed by atoms with Crippen LogP contribution in [0.5, 0.6) is 5.75 Å². The number of aromatic carboxylic acids is 1. The van der Waals surface area contributed by atoms with Crippen LogP contribution in [-0.4, -0.2) is 25.7 Å². The van der Waals surface area contributed by atoms with E-state index < -0.39 is 5.97 Å². The van der Waals surface area contributed by atoms with E-state index >= 15 is 0 Å². The van der Waals surface area contributed by atoms with E-state index in [2.05, 4.69) is 20.9 Å². The van der Waals surface area contributed by atoms with Crippen LogP contribution in [0, 0.1) is 6.92 Å². The van der Waals surface area contributed by atoms with Crippen molar-refractivity contribution in [2.24, 2.45) is 0 Å². The molecule has 6 heteroatoms. The van der Waals surface area contributed by atoms with Crippen molar-refractivity contribution in [1.29, 1.82) is 0 Å². The van der Waals surface area contributed by atoms with Crippen molar-refractivity contribution in [3.8, 4) is 22.8 Å². The molecule has 1 aromatic carbocycles. The van der Waals surface area contributed by atoms with Crippen molar-refractivity contribution in [3.63, 3.8) is 0 Å². The average Bonchev–Trinajstić information content (AvgIpc) is 2.91. The van der Waals surface area contributed by atoms with Crippen LogP contribution in [0.25, 0.3) is 17.1 Å². The summed E-state index contributed by atoms with van der Waals surface area (Å²) in [6.07, 6.45) is 0. The number of benzene rings is 1. The highest BCUT2D eigenvalue weighted by Gasteiger charge is 2.15. The number of phenols is 1. The predicted octanol–water partition coefficient (Wildman–Crippen LogP) is 4.01. The molecule has 23 heavy (non-hydrogen) atoms. The van der Waals surface area contributed by atoms with Gasteiger partial charge in [0.25, 0.3) is 0 Å². The Kier molecular flexibility index (Phi) is 3.92. The molecule has 0 saturated carbocycles. The smallest absolute Gasteiger partial charge is 0.354 e. The molecule has 3 rings (SSSR count). The molecule has 0 fully saturated rings. The highest BCUT2D eigenvalue weighted by molar-refractivity contribution is 9.10. The van der Waals surface area contributed by atoms with E-state index in [9.17, 15) is 9.90 Å². The van der Waals surface area contributed by atoms with E-state index in [4.69, 9.17) is 5.11 Å². The van der Waals surface area contributed by atoms with Crippen molar-refractivity contribution in [3.05, 3.63) is 64.4 Å². The second kappa shape index (κ2) is 5.89. The lowest BCUT2D eigenvalue weighted by atomic mass is 10.1. The summed E-state index contributed by atoms with van der Waals surface area (Å²) in [7, 11) is 0. The molecule has 0 spiro atoms. The first-order valence-electron chi connectivity index (χ1n) is 6.85. The van der Waals surface area contributed by atoms with Crippen molar-refractivity contribution < 1.29 is 15.0 Å². The molecule has 0 radical (unpaired) electrons. The molecule has 0 bridgehead atoms. The zero-order valence-corrected chi connectivity index (χ0v) is 13.8. The molecular weight excluding hydrogens is 360 g/mol. The van der Waals surface area contributed by atoms with Gasteiger partial charge in [-0.15, -0.1) is 0 Å². The number of phenolic OH excluding ortho intramolecular Hbond substituents is 1. The first kappa shape index (κ1) is 15.3. The van der Waals surface area contributed by atoms with Gasteiger partial charge < -0.3 is 10.2 Å². The SMILES string of the molecule is Cc1ccc(-c2cc(Br)ccc2O)n1-c1cccc(C(=O)O)n1. The monoisotopic (exact) mass is 372 g/mol. The summed E-state index contributed by atoms with van der Waals surface area (Å²) in [5, 5.41) is 19.3. The van der Waals surface area contributed by atoms with Gasteiger partial charge in [0.05, 0.1) is 5.69 Å². The number of halogens is 1. The first-order valence-corrected chi connectivity index (χ1v) is 7.64. The van der Waals surface area contributed by atoms with E-state index in [1.165, 1.54) is 6.07 Å². The number of aromatic hydroxyl groups is 1. The van der Waals surface area contributed by atoms with Gasteiger partial charge in [0, 0.05) is 15.7 Å². The second-order valence-corrected chi connectivity index (χ2v) is 5.96. The summed E-state index contributed by atoms with van der Waals surface area (Å²) in [6.45, 7) is 1.90. The lowest BCUT2D eigenvalue weighted by Crippen LogP contribution is -2.06. The molecule has 116 valence electrons. The summed E-state index contributed by atoms with van der Waals surface area (Å²) in [5.74, 6) is -0.452. The standard InChI is InChI=1S/C17H13BrN2O3/c1-10-5-7-14(12-9-11(18)6-8-15(12)21)20(10)16-4-2-3-13(19-16)17(22)23/h2-9,21H,1H3,(H,22,23). The number of rotatable bonds is 3. The molecule has 5 nitrogen and oxygen atoms in total. The zero-order valence-electron chi connectivity index (χ0n) is 12.2. The second-order valence-electron chi connectivity index (χ2n) is 5.04. The number of carboxylic acid groups (broad SMARTS) is 1. The predicted molar refractivity (Wildman–Crippen MR) is 90.1 cm³/mol. The van der Waals surface area contributed by atoms with Crippen LogP contribution in [0.2, 0.25) is 0 Å². The van der Waals surface area contributed by atoms with Gasteiger partial charge in [0.1, 0.15) is 11.6 Å². The highest BCUT2D eigenvalue weighted by Crippen LogP contribution is 2.34. The number of carboxylic acids is 1. The maximum Gasteiger partial charge on any atom is 0.354 e. The Balaban J connectivity index is 2.22. The number of hydrogen-bond donors (Lipinski definition) is 2. The number of nitrogens with zero attached hydrogens (tertiary/aromatic N) is 2. The average molecular weight is 373 g/mol. The van der Waals surface area contributed by atoms with Crippen LogP contribution in [0.15, 0.2) is 53.0 Å². The van der Waals surface area contributed by atoms with E-state index in [1.54, 1.807) is 24.3 Å². The van der Waals surface area contributed by atoms with Gasteiger partial charge in [-0.25, -0.2) is 9.78 Å². The van der Waals surface area contributed by atoms with Gasteiger partial charge in [-0.1, -0.05) is 22.0 Å².